The van der Waals surface area contributed by atoms with Crippen molar-refractivity contribution < 1.29 is 5.11 Å². The van der Waals surface area contributed by atoms with Gasteiger partial charge in [-0.2, -0.15) is 0 Å². The summed E-state index contributed by atoms with van der Waals surface area (Å²) >= 11 is 3.19. The number of alkyl halides is 1. The van der Waals surface area contributed by atoms with E-state index in [4.69, 9.17) is 0 Å². The van der Waals surface area contributed by atoms with Crippen LogP contribution in [0.1, 0.15) is 11.8 Å². The van der Waals surface area contributed by atoms with Crippen molar-refractivity contribution in [2.45, 2.75) is 6.10 Å². The Hall–Kier alpha value is -1.20. The van der Waals surface area contributed by atoms with Gasteiger partial charge in [0.2, 0.25) is 0 Å². The van der Waals surface area contributed by atoms with Crippen LogP contribution in [0.3, 0.4) is 0 Å². The highest BCUT2D eigenvalue weighted by Gasteiger charge is 2.10. The van der Waals surface area contributed by atoms with Gasteiger partial charge in [0.05, 0.1) is 11.9 Å². The zero-order valence-electron chi connectivity index (χ0n) is 7.92. The van der Waals surface area contributed by atoms with Crippen LogP contribution in [0.5, 0.6) is 0 Å². The Labute approximate surface area is 95.7 Å². The summed E-state index contributed by atoms with van der Waals surface area (Å²) in [6.07, 6.45) is 1.11. The molecule has 0 radical (unpaired) electrons. The number of para-hydroxylation sites is 1. The molecule has 0 saturated heterocycles. The van der Waals surface area contributed by atoms with Gasteiger partial charge >= 0.3 is 0 Å². The van der Waals surface area contributed by atoms with Gasteiger partial charge in [-0.25, -0.2) is 4.68 Å². The molecule has 0 aliphatic rings. The number of benzene rings is 1. The molecule has 4 nitrogen and oxygen atoms in total. The first-order valence-electron chi connectivity index (χ1n) is 4.53. The molecule has 15 heavy (non-hydrogen) atoms. The highest BCUT2D eigenvalue weighted by molar-refractivity contribution is 9.09. The average Bonchev–Trinajstić information content (AvgIpc) is 2.78. The fourth-order valence-electron chi connectivity index (χ4n) is 1.22. The first kappa shape index (κ1) is 10.3. The molecular weight excluding hydrogens is 258 g/mol. The van der Waals surface area contributed by atoms with Crippen LogP contribution in [-0.4, -0.2) is 25.4 Å². The van der Waals surface area contributed by atoms with Gasteiger partial charge < -0.3 is 5.11 Å². The maximum absolute atomic E-state index is 9.53. The quantitative estimate of drug-likeness (QED) is 0.862. The van der Waals surface area contributed by atoms with Crippen LogP contribution in [0.4, 0.5) is 0 Å². The third kappa shape index (κ3) is 2.24. The lowest BCUT2D eigenvalue weighted by Crippen LogP contribution is -1.98. The van der Waals surface area contributed by atoms with Crippen molar-refractivity contribution in [1.29, 1.82) is 0 Å². The summed E-state index contributed by atoms with van der Waals surface area (Å²) in [5, 5.41) is 17.8. The molecule has 1 atom stereocenters. The fraction of sp³-hybridized carbons (Fsp3) is 0.200. The number of hydrogen-bond acceptors (Lipinski definition) is 3. The Morgan fingerprint density at radius 3 is 2.73 bits per heavy atom. The van der Waals surface area contributed by atoms with E-state index in [1.54, 1.807) is 10.9 Å². The fourth-order valence-corrected chi connectivity index (χ4v) is 1.55. The van der Waals surface area contributed by atoms with E-state index >= 15 is 0 Å². The monoisotopic (exact) mass is 267 g/mol. The normalized spacial score (nSPS) is 12.7. The lowest BCUT2D eigenvalue weighted by Gasteiger charge is -2.00. The number of hydrogen-bond donors (Lipinski definition) is 1. The summed E-state index contributed by atoms with van der Waals surface area (Å²) < 4.78 is 1.64. The number of aliphatic hydroxyl groups excluding tert-OH is 1. The Kier molecular flexibility index (Phi) is 3.13. The van der Waals surface area contributed by atoms with E-state index in [9.17, 15) is 5.11 Å². The van der Waals surface area contributed by atoms with Gasteiger partial charge in [0.1, 0.15) is 11.8 Å². The van der Waals surface area contributed by atoms with Crippen LogP contribution >= 0.6 is 15.9 Å². The summed E-state index contributed by atoms with van der Waals surface area (Å²) in [5.41, 5.74) is 1.49. The zero-order valence-corrected chi connectivity index (χ0v) is 9.50. The van der Waals surface area contributed by atoms with Gasteiger partial charge in [-0.05, 0) is 12.1 Å². The van der Waals surface area contributed by atoms with Crippen LogP contribution in [0, 0.1) is 0 Å². The highest BCUT2D eigenvalue weighted by atomic mass is 79.9. The van der Waals surface area contributed by atoms with Crippen LogP contribution < -0.4 is 0 Å². The van der Waals surface area contributed by atoms with Gasteiger partial charge in [-0.15, -0.1) is 5.10 Å². The molecule has 0 aliphatic heterocycles. The Morgan fingerprint density at radius 2 is 2.07 bits per heavy atom. The maximum atomic E-state index is 9.53. The SMILES string of the molecule is OC(CBr)c1cn(-c2ccccc2)nn1. The molecule has 1 aromatic carbocycles. The van der Waals surface area contributed by atoms with Gasteiger partial charge in [-0.1, -0.05) is 39.3 Å². The summed E-state index contributed by atoms with van der Waals surface area (Å²) in [7, 11) is 0. The van der Waals surface area contributed by atoms with Gasteiger partial charge in [-0.3, -0.25) is 0 Å². The molecule has 1 aromatic heterocycles. The number of halogens is 1. The van der Waals surface area contributed by atoms with Crippen molar-refractivity contribution in [3.05, 3.63) is 42.2 Å². The first-order valence-corrected chi connectivity index (χ1v) is 5.65. The van der Waals surface area contributed by atoms with Crippen LogP contribution in [0.25, 0.3) is 5.69 Å². The Morgan fingerprint density at radius 1 is 1.33 bits per heavy atom. The molecule has 78 valence electrons. The second kappa shape index (κ2) is 4.55. The van der Waals surface area contributed by atoms with E-state index in [0.717, 1.165) is 5.69 Å². The maximum Gasteiger partial charge on any atom is 0.112 e. The van der Waals surface area contributed by atoms with Crippen molar-refractivity contribution in [3.8, 4) is 5.69 Å². The highest BCUT2D eigenvalue weighted by Crippen LogP contribution is 2.13. The average molecular weight is 268 g/mol. The summed E-state index contributed by atoms with van der Waals surface area (Å²) in [6.45, 7) is 0. The smallest absolute Gasteiger partial charge is 0.112 e. The lowest BCUT2D eigenvalue weighted by molar-refractivity contribution is 0.200. The minimum Gasteiger partial charge on any atom is -0.386 e. The van der Waals surface area contributed by atoms with Crippen molar-refractivity contribution in [2.75, 3.05) is 5.33 Å². The third-order valence-electron chi connectivity index (χ3n) is 2.02. The van der Waals surface area contributed by atoms with E-state index in [1.807, 2.05) is 30.3 Å². The standard InChI is InChI=1S/C10H10BrN3O/c11-6-10(15)9-7-14(13-12-9)8-4-2-1-3-5-8/h1-5,7,10,15H,6H2. The molecule has 0 spiro atoms. The van der Waals surface area contributed by atoms with Crippen LogP contribution in [-0.2, 0) is 0 Å². The van der Waals surface area contributed by atoms with Gasteiger partial charge in [0, 0.05) is 5.33 Å². The van der Waals surface area contributed by atoms with Crippen molar-refractivity contribution >= 4 is 15.9 Å². The second-order valence-electron chi connectivity index (χ2n) is 3.09. The van der Waals surface area contributed by atoms with Crippen LogP contribution in [0.15, 0.2) is 36.5 Å². The zero-order chi connectivity index (χ0) is 10.7. The Balaban J connectivity index is 2.28. The molecule has 0 fully saturated rings. The summed E-state index contributed by atoms with van der Waals surface area (Å²) in [4.78, 5) is 0. The number of aliphatic hydroxyl groups is 1. The van der Waals surface area contributed by atoms with E-state index in [1.165, 1.54) is 0 Å². The third-order valence-corrected chi connectivity index (χ3v) is 2.63. The van der Waals surface area contributed by atoms with Gasteiger partial charge in [0.15, 0.2) is 0 Å². The molecule has 2 rings (SSSR count). The molecule has 1 N–H and O–H groups in total. The molecule has 0 saturated carbocycles. The molecule has 5 heteroatoms. The minimum absolute atomic E-state index is 0.459. The summed E-state index contributed by atoms with van der Waals surface area (Å²) in [6, 6.07) is 9.65. The second-order valence-corrected chi connectivity index (χ2v) is 3.74. The predicted octanol–water partition coefficient (Wildman–Crippen LogP) is 1.70. The Bertz CT molecular complexity index is 429. The van der Waals surface area contributed by atoms with E-state index in [-0.39, 0.29) is 0 Å². The summed E-state index contributed by atoms with van der Waals surface area (Å²) in [5.74, 6) is 0. The molecule has 0 amide bonds. The van der Waals surface area contributed by atoms with Crippen LogP contribution in [0.2, 0.25) is 0 Å². The van der Waals surface area contributed by atoms with Crippen molar-refractivity contribution in [1.82, 2.24) is 15.0 Å². The number of rotatable bonds is 3. The molecule has 1 unspecified atom stereocenters. The molecule has 1 heterocycles. The molecular formula is C10H10BrN3O. The van der Waals surface area contributed by atoms with E-state index < -0.39 is 6.10 Å². The topological polar surface area (TPSA) is 50.9 Å². The van der Waals surface area contributed by atoms with E-state index in [0.29, 0.717) is 11.0 Å². The molecule has 0 bridgehead atoms. The van der Waals surface area contributed by atoms with Crippen molar-refractivity contribution in [2.24, 2.45) is 0 Å². The molecule has 2 aromatic rings. The van der Waals surface area contributed by atoms with E-state index in [2.05, 4.69) is 26.2 Å². The first-order chi connectivity index (χ1) is 7.31. The number of nitrogens with zero attached hydrogens (tertiary/aromatic N) is 3. The van der Waals surface area contributed by atoms with Gasteiger partial charge in [0.25, 0.3) is 0 Å². The predicted molar refractivity (Wildman–Crippen MR) is 60.1 cm³/mol. The minimum atomic E-state index is -0.609. The largest absolute Gasteiger partial charge is 0.386 e. The molecule has 0 aliphatic carbocycles. The lowest BCUT2D eigenvalue weighted by atomic mass is 10.3. The van der Waals surface area contributed by atoms with Crippen molar-refractivity contribution in [3.63, 3.8) is 0 Å². The number of aromatic nitrogens is 3.